The highest BCUT2D eigenvalue weighted by molar-refractivity contribution is 6.36. The molecule has 4 heteroatoms. The number of fused-ring (bicyclic) bond motifs is 2. The molecule has 2 nitrogen and oxygen atoms in total. The number of aliphatic hydroxyl groups excluding tert-OH is 1. The van der Waals surface area contributed by atoms with E-state index >= 15 is 0 Å². The van der Waals surface area contributed by atoms with Crippen molar-refractivity contribution < 1.29 is 5.11 Å². The van der Waals surface area contributed by atoms with Crippen LogP contribution in [0, 0.1) is 0 Å². The Bertz CT molecular complexity index is 702. The summed E-state index contributed by atoms with van der Waals surface area (Å²) >= 11 is 12.5. The van der Waals surface area contributed by atoms with E-state index < -0.39 is 6.10 Å². The van der Waals surface area contributed by atoms with E-state index in [1.54, 1.807) is 12.1 Å². The summed E-state index contributed by atoms with van der Waals surface area (Å²) in [4.78, 5) is 2.49. The molecule has 2 fully saturated rings. The van der Waals surface area contributed by atoms with Gasteiger partial charge in [-0.15, -0.1) is 0 Å². The fourth-order valence-electron chi connectivity index (χ4n) is 4.69. The highest BCUT2D eigenvalue weighted by Crippen LogP contribution is 2.44. The monoisotopic (exact) mass is 375 g/mol. The van der Waals surface area contributed by atoms with Gasteiger partial charge in [0.2, 0.25) is 0 Å². The molecule has 2 unspecified atom stereocenters. The minimum atomic E-state index is -0.641. The van der Waals surface area contributed by atoms with Gasteiger partial charge in [-0.1, -0.05) is 59.6 Å². The average molecular weight is 376 g/mol. The maximum absolute atomic E-state index is 10.8. The molecule has 4 rings (SSSR count). The summed E-state index contributed by atoms with van der Waals surface area (Å²) in [6, 6.07) is 17.3. The minimum Gasteiger partial charge on any atom is -0.387 e. The van der Waals surface area contributed by atoms with E-state index in [2.05, 4.69) is 35.2 Å². The largest absolute Gasteiger partial charge is 0.387 e. The predicted molar refractivity (Wildman–Crippen MR) is 103 cm³/mol. The van der Waals surface area contributed by atoms with E-state index in [1.807, 2.05) is 6.07 Å². The van der Waals surface area contributed by atoms with E-state index in [4.69, 9.17) is 23.2 Å². The van der Waals surface area contributed by atoms with Gasteiger partial charge in [-0.05, 0) is 49.3 Å². The number of halogens is 2. The van der Waals surface area contributed by atoms with Gasteiger partial charge in [-0.2, -0.15) is 0 Å². The summed E-state index contributed by atoms with van der Waals surface area (Å²) in [6.07, 6.45) is 4.14. The Kier molecular flexibility index (Phi) is 5.06. The van der Waals surface area contributed by atoms with Gasteiger partial charge < -0.3 is 5.11 Å². The van der Waals surface area contributed by atoms with Crippen LogP contribution in [-0.4, -0.2) is 28.6 Å². The molecule has 0 spiro atoms. The molecule has 4 atom stereocenters. The van der Waals surface area contributed by atoms with Gasteiger partial charge >= 0.3 is 0 Å². The van der Waals surface area contributed by atoms with E-state index in [9.17, 15) is 5.11 Å². The number of hydrogen-bond acceptors (Lipinski definition) is 2. The minimum absolute atomic E-state index is 0.542. The molecule has 2 aromatic carbocycles. The molecular formula is C21H23Cl2NO. The summed E-state index contributed by atoms with van der Waals surface area (Å²) in [6.45, 7) is 0.611. The molecule has 1 N–H and O–H groups in total. The zero-order valence-corrected chi connectivity index (χ0v) is 15.6. The lowest BCUT2D eigenvalue weighted by Crippen LogP contribution is -2.44. The van der Waals surface area contributed by atoms with E-state index in [1.165, 1.54) is 31.2 Å². The summed E-state index contributed by atoms with van der Waals surface area (Å²) < 4.78 is 0. The van der Waals surface area contributed by atoms with Crippen molar-refractivity contribution in [3.8, 4) is 0 Å². The maximum Gasteiger partial charge on any atom is 0.0945 e. The second-order valence-corrected chi connectivity index (χ2v) is 8.13. The molecule has 2 heterocycles. The number of aliphatic hydroxyl groups is 1. The smallest absolute Gasteiger partial charge is 0.0945 e. The van der Waals surface area contributed by atoms with Crippen molar-refractivity contribution in [2.75, 3.05) is 6.54 Å². The Labute approximate surface area is 159 Å². The molecule has 2 bridgehead atoms. The quantitative estimate of drug-likeness (QED) is 0.768. The van der Waals surface area contributed by atoms with Crippen molar-refractivity contribution in [2.24, 2.45) is 0 Å². The predicted octanol–water partition coefficient (Wildman–Crippen LogP) is 5.44. The first-order chi connectivity index (χ1) is 12.1. The first-order valence-electron chi connectivity index (χ1n) is 9.06. The normalized spacial score (nSPS) is 27.4. The van der Waals surface area contributed by atoms with Gasteiger partial charge in [0.05, 0.1) is 6.10 Å². The number of nitrogens with zero attached hydrogens (tertiary/aromatic N) is 1. The van der Waals surface area contributed by atoms with Crippen molar-refractivity contribution in [3.05, 3.63) is 69.7 Å². The Morgan fingerprint density at radius 3 is 2.12 bits per heavy atom. The van der Waals surface area contributed by atoms with Crippen molar-refractivity contribution in [1.82, 2.24) is 4.90 Å². The molecule has 0 aliphatic carbocycles. The lowest BCUT2D eigenvalue weighted by molar-refractivity contribution is 0.0559. The van der Waals surface area contributed by atoms with E-state index in [0.717, 1.165) is 0 Å². The molecule has 0 radical (unpaired) electrons. The molecule has 132 valence electrons. The second-order valence-electron chi connectivity index (χ2n) is 7.31. The average Bonchev–Trinajstić information content (AvgIpc) is 2.84. The summed E-state index contributed by atoms with van der Waals surface area (Å²) in [5.41, 5.74) is 2.11. The van der Waals surface area contributed by atoms with Crippen LogP contribution in [0.5, 0.6) is 0 Å². The van der Waals surface area contributed by atoms with Crippen LogP contribution in [0.15, 0.2) is 48.5 Å². The SMILES string of the molecule is OC(CN1[C@@H]2CC[C@H]1CC(c1ccccc1)C2)c1c(Cl)cccc1Cl. The summed E-state index contributed by atoms with van der Waals surface area (Å²) in [5, 5.41) is 11.9. The lowest BCUT2D eigenvalue weighted by Gasteiger charge is -2.40. The third kappa shape index (κ3) is 3.46. The first-order valence-corrected chi connectivity index (χ1v) is 9.81. The van der Waals surface area contributed by atoms with Gasteiger partial charge in [0, 0.05) is 34.2 Å². The molecule has 25 heavy (non-hydrogen) atoms. The molecule has 0 amide bonds. The van der Waals surface area contributed by atoms with Gasteiger partial charge in [-0.3, -0.25) is 4.90 Å². The van der Waals surface area contributed by atoms with Crippen molar-refractivity contribution in [1.29, 1.82) is 0 Å². The van der Waals surface area contributed by atoms with Crippen molar-refractivity contribution in [2.45, 2.75) is 49.8 Å². The van der Waals surface area contributed by atoms with Crippen LogP contribution >= 0.6 is 23.2 Å². The molecule has 2 aliphatic heterocycles. The second kappa shape index (κ2) is 7.28. The molecule has 0 saturated carbocycles. The zero-order valence-electron chi connectivity index (χ0n) is 14.1. The van der Waals surface area contributed by atoms with Gasteiger partial charge in [-0.25, -0.2) is 0 Å². The van der Waals surface area contributed by atoms with Crippen LogP contribution in [0.4, 0.5) is 0 Å². The third-order valence-corrected chi connectivity index (χ3v) is 6.53. The lowest BCUT2D eigenvalue weighted by atomic mass is 9.85. The van der Waals surface area contributed by atoms with E-state index in [-0.39, 0.29) is 0 Å². The number of hydrogen-bond donors (Lipinski definition) is 1. The van der Waals surface area contributed by atoms with Gasteiger partial charge in [0.1, 0.15) is 0 Å². The molecule has 2 aromatic rings. The van der Waals surface area contributed by atoms with Gasteiger partial charge in [0.15, 0.2) is 0 Å². The van der Waals surface area contributed by atoms with Crippen LogP contribution in [-0.2, 0) is 0 Å². The van der Waals surface area contributed by atoms with Crippen molar-refractivity contribution >= 4 is 23.2 Å². The van der Waals surface area contributed by atoms with E-state index in [0.29, 0.717) is 40.2 Å². The molecule has 2 saturated heterocycles. The zero-order chi connectivity index (χ0) is 17.4. The highest BCUT2D eigenvalue weighted by atomic mass is 35.5. The summed E-state index contributed by atoms with van der Waals surface area (Å²) in [7, 11) is 0. The molecule has 0 aromatic heterocycles. The maximum atomic E-state index is 10.8. The first kappa shape index (κ1) is 17.4. The van der Waals surface area contributed by atoms with Crippen LogP contribution in [0.25, 0.3) is 0 Å². The van der Waals surface area contributed by atoms with Crippen LogP contribution in [0.3, 0.4) is 0 Å². The fraction of sp³-hybridized carbons (Fsp3) is 0.429. The topological polar surface area (TPSA) is 23.5 Å². The Balaban J connectivity index is 1.48. The number of rotatable bonds is 4. The Morgan fingerprint density at radius 2 is 1.52 bits per heavy atom. The third-order valence-electron chi connectivity index (χ3n) is 5.87. The fourth-order valence-corrected chi connectivity index (χ4v) is 5.34. The van der Waals surface area contributed by atoms with Crippen molar-refractivity contribution in [3.63, 3.8) is 0 Å². The molecular weight excluding hydrogens is 353 g/mol. The Morgan fingerprint density at radius 1 is 0.920 bits per heavy atom. The van der Waals surface area contributed by atoms with Crippen LogP contribution in [0.1, 0.15) is 48.8 Å². The number of benzene rings is 2. The standard InChI is InChI=1S/C21H23Cl2NO/c22-18-7-4-8-19(23)21(18)20(25)13-24-16-9-10-17(24)12-15(11-16)14-5-2-1-3-6-14/h1-8,15-17,20,25H,9-13H2/t15?,16-,17+,20?. The number of piperidine rings is 1. The Hall–Kier alpha value is -1.06. The van der Waals surface area contributed by atoms with Gasteiger partial charge in [0.25, 0.3) is 0 Å². The molecule has 2 aliphatic rings. The highest BCUT2D eigenvalue weighted by Gasteiger charge is 2.41. The van der Waals surface area contributed by atoms with Crippen LogP contribution < -0.4 is 0 Å². The van der Waals surface area contributed by atoms with Crippen LogP contribution in [0.2, 0.25) is 10.0 Å². The summed E-state index contributed by atoms with van der Waals surface area (Å²) in [5.74, 6) is 0.635.